The second-order valence-corrected chi connectivity index (χ2v) is 5.97. The van der Waals surface area contributed by atoms with E-state index in [0.717, 1.165) is 12.8 Å². The van der Waals surface area contributed by atoms with Gasteiger partial charge in [-0.2, -0.15) is 0 Å². The van der Waals surface area contributed by atoms with Crippen LogP contribution >= 0.6 is 0 Å². The normalized spacial score (nSPS) is 30.4. The summed E-state index contributed by atoms with van der Waals surface area (Å²) < 4.78 is 0. The predicted molar refractivity (Wildman–Crippen MR) is 71.8 cm³/mol. The Balaban J connectivity index is 1.98. The Kier molecular flexibility index (Phi) is 4.30. The Morgan fingerprint density at radius 1 is 1.10 bits per heavy atom. The van der Waals surface area contributed by atoms with E-state index in [4.69, 9.17) is 5.11 Å². The smallest absolute Gasteiger partial charge is 0.308 e. The molecule has 2 heterocycles. The molecule has 0 saturated carbocycles. The highest BCUT2D eigenvalue weighted by atomic mass is 16.4. The summed E-state index contributed by atoms with van der Waals surface area (Å²) in [6, 6.07) is 0. The van der Waals surface area contributed by atoms with Crippen LogP contribution in [-0.2, 0) is 14.4 Å². The van der Waals surface area contributed by atoms with Gasteiger partial charge in [0.05, 0.1) is 11.8 Å². The van der Waals surface area contributed by atoms with Gasteiger partial charge in [0.25, 0.3) is 0 Å². The molecular weight excluding hydrogens is 260 g/mol. The SMILES string of the molecule is CC(=O)N1CCCC(C(=O)N2CC(C)C(C(=O)O)C2)C1. The van der Waals surface area contributed by atoms with Gasteiger partial charge in [0, 0.05) is 33.1 Å². The van der Waals surface area contributed by atoms with Gasteiger partial charge in [0.1, 0.15) is 0 Å². The van der Waals surface area contributed by atoms with E-state index in [-0.39, 0.29) is 23.7 Å². The van der Waals surface area contributed by atoms with Crippen molar-refractivity contribution in [3.05, 3.63) is 0 Å². The van der Waals surface area contributed by atoms with Crippen LogP contribution in [-0.4, -0.2) is 58.9 Å². The minimum Gasteiger partial charge on any atom is -0.481 e. The van der Waals surface area contributed by atoms with Gasteiger partial charge in [-0.05, 0) is 18.8 Å². The van der Waals surface area contributed by atoms with E-state index in [1.165, 1.54) is 6.92 Å². The summed E-state index contributed by atoms with van der Waals surface area (Å²) in [5, 5.41) is 9.12. The lowest BCUT2D eigenvalue weighted by molar-refractivity contribution is -0.142. The van der Waals surface area contributed by atoms with Crippen molar-refractivity contribution in [2.45, 2.75) is 26.7 Å². The molecule has 1 N–H and O–H groups in total. The van der Waals surface area contributed by atoms with E-state index >= 15 is 0 Å². The summed E-state index contributed by atoms with van der Waals surface area (Å²) >= 11 is 0. The summed E-state index contributed by atoms with van der Waals surface area (Å²) in [7, 11) is 0. The number of carboxylic acids is 1. The highest BCUT2D eigenvalue weighted by molar-refractivity contribution is 5.82. The van der Waals surface area contributed by atoms with Crippen LogP contribution in [0.25, 0.3) is 0 Å². The monoisotopic (exact) mass is 282 g/mol. The van der Waals surface area contributed by atoms with Crippen LogP contribution in [0, 0.1) is 17.8 Å². The van der Waals surface area contributed by atoms with Gasteiger partial charge < -0.3 is 14.9 Å². The molecule has 0 radical (unpaired) electrons. The topological polar surface area (TPSA) is 77.9 Å². The number of carbonyl (C=O) groups excluding carboxylic acids is 2. The van der Waals surface area contributed by atoms with Gasteiger partial charge >= 0.3 is 5.97 Å². The largest absolute Gasteiger partial charge is 0.481 e. The number of amides is 2. The molecule has 2 aliphatic rings. The molecule has 2 aliphatic heterocycles. The zero-order chi connectivity index (χ0) is 14.9. The molecule has 2 fully saturated rings. The zero-order valence-electron chi connectivity index (χ0n) is 12.0. The van der Waals surface area contributed by atoms with E-state index in [1.807, 2.05) is 6.92 Å². The fourth-order valence-electron chi connectivity index (χ4n) is 3.19. The van der Waals surface area contributed by atoms with Crippen LogP contribution in [0.1, 0.15) is 26.7 Å². The molecule has 2 saturated heterocycles. The van der Waals surface area contributed by atoms with E-state index in [9.17, 15) is 14.4 Å². The number of piperidine rings is 1. The summed E-state index contributed by atoms with van der Waals surface area (Å²) in [5.74, 6) is -1.48. The Morgan fingerprint density at radius 3 is 2.35 bits per heavy atom. The van der Waals surface area contributed by atoms with E-state index in [2.05, 4.69) is 0 Å². The average Bonchev–Trinajstić information content (AvgIpc) is 2.80. The van der Waals surface area contributed by atoms with E-state index in [1.54, 1.807) is 9.80 Å². The molecule has 0 aromatic rings. The van der Waals surface area contributed by atoms with E-state index in [0.29, 0.717) is 26.2 Å². The molecule has 0 bridgehead atoms. The highest BCUT2D eigenvalue weighted by Crippen LogP contribution is 2.27. The van der Waals surface area contributed by atoms with Crippen LogP contribution in [0.3, 0.4) is 0 Å². The summed E-state index contributed by atoms with van der Waals surface area (Å²) in [6.45, 7) is 5.38. The maximum atomic E-state index is 12.5. The fraction of sp³-hybridized carbons (Fsp3) is 0.786. The Morgan fingerprint density at radius 2 is 1.80 bits per heavy atom. The summed E-state index contributed by atoms with van der Waals surface area (Å²) in [6.07, 6.45) is 1.62. The van der Waals surface area contributed by atoms with E-state index < -0.39 is 11.9 Å². The van der Waals surface area contributed by atoms with Gasteiger partial charge in [-0.25, -0.2) is 0 Å². The first kappa shape index (κ1) is 14.8. The van der Waals surface area contributed by atoms with Gasteiger partial charge in [0.2, 0.25) is 11.8 Å². The van der Waals surface area contributed by atoms with Crippen molar-refractivity contribution < 1.29 is 19.5 Å². The van der Waals surface area contributed by atoms with Crippen LogP contribution in [0.5, 0.6) is 0 Å². The van der Waals surface area contributed by atoms with Crippen LogP contribution in [0.15, 0.2) is 0 Å². The van der Waals surface area contributed by atoms with Gasteiger partial charge in [0.15, 0.2) is 0 Å². The van der Waals surface area contributed by atoms with Crippen molar-refractivity contribution in [2.75, 3.05) is 26.2 Å². The van der Waals surface area contributed by atoms with Crippen LogP contribution in [0.4, 0.5) is 0 Å². The third kappa shape index (κ3) is 2.94. The van der Waals surface area contributed by atoms with Gasteiger partial charge in [-0.1, -0.05) is 6.92 Å². The predicted octanol–water partition coefficient (Wildman–Crippen LogP) is 0.424. The van der Waals surface area contributed by atoms with Gasteiger partial charge in [-0.15, -0.1) is 0 Å². The number of hydrogen-bond acceptors (Lipinski definition) is 3. The molecule has 2 rings (SSSR count). The number of nitrogens with zero attached hydrogens (tertiary/aromatic N) is 2. The molecule has 3 atom stereocenters. The summed E-state index contributed by atoms with van der Waals surface area (Å²) in [4.78, 5) is 38.4. The second kappa shape index (κ2) is 5.81. The van der Waals surface area contributed by atoms with Crippen molar-refractivity contribution in [1.29, 1.82) is 0 Å². The molecule has 2 amide bonds. The Bertz CT molecular complexity index is 417. The van der Waals surface area contributed by atoms with Gasteiger partial charge in [-0.3, -0.25) is 14.4 Å². The molecule has 0 aromatic heterocycles. The van der Waals surface area contributed by atoms with Crippen molar-refractivity contribution in [3.63, 3.8) is 0 Å². The number of rotatable bonds is 2. The minimum atomic E-state index is -0.832. The van der Waals surface area contributed by atoms with Crippen molar-refractivity contribution in [3.8, 4) is 0 Å². The fourth-order valence-corrected chi connectivity index (χ4v) is 3.19. The lowest BCUT2D eigenvalue weighted by atomic mass is 9.96. The molecule has 6 nitrogen and oxygen atoms in total. The number of carboxylic acid groups (broad SMARTS) is 1. The lowest BCUT2D eigenvalue weighted by Gasteiger charge is -2.33. The highest BCUT2D eigenvalue weighted by Gasteiger charge is 2.39. The first-order valence-corrected chi connectivity index (χ1v) is 7.17. The summed E-state index contributed by atoms with van der Waals surface area (Å²) in [5.41, 5.74) is 0. The maximum absolute atomic E-state index is 12.5. The number of aliphatic carboxylic acids is 1. The van der Waals surface area contributed by atoms with Crippen molar-refractivity contribution in [1.82, 2.24) is 9.80 Å². The molecule has 0 aromatic carbocycles. The standard InChI is InChI=1S/C14H22N2O4/c1-9-6-16(8-12(9)14(19)20)13(18)11-4-3-5-15(7-11)10(2)17/h9,11-12H,3-8H2,1-2H3,(H,19,20). The quantitative estimate of drug-likeness (QED) is 0.796. The maximum Gasteiger partial charge on any atom is 0.308 e. The molecule has 0 spiro atoms. The average molecular weight is 282 g/mol. The Hall–Kier alpha value is -1.59. The molecule has 112 valence electrons. The second-order valence-electron chi connectivity index (χ2n) is 5.97. The third-order valence-corrected chi connectivity index (χ3v) is 4.46. The van der Waals surface area contributed by atoms with Crippen molar-refractivity contribution >= 4 is 17.8 Å². The minimum absolute atomic E-state index is 0.000650. The first-order chi connectivity index (χ1) is 9.40. The molecule has 3 unspecified atom stereocenters. The number of carbonyl (C=O) groups is 3. The molecular formula is C14H22N2O4. The lowest BCUT2D eigenvalue weighted by Crippen LogP contribution is -2.45. The van der Waals surface area contributed by atoms with Crippen LogP contribution < -0.4 is 0 Å². The molecule has 6 heteroatoms. The number of hydrogen-bond donors (Lipinski definition) is 1. The van der Waals surface area contributed by atoms with Crippen LogP contribution in [0.2, 0.25) is 0 Å². The Labute approximate surface area is 118 Å². The molecule has 20 heavy (non-hydrogen) atoms. The number of likely N-dealkylation sites (tertiary alicyclic amines) is 2. The zero-order valence-corrected chi connectivity index (χ0v) is 12.0. The third-order valence-electron chi connectivity index (χ3n) is 4.46. The van der Waals surface area contributed by atoms with Crippen molar-refractivity contribution in [2.24, 2.45) is 17.8 Å². The molecule has 0 aliphatic carbocycles. The first-order valence-electron chi connectivity index (χ1n) is 7.17.